The first-order chi connectivity index (χ1) is 14.1. The number of piperidine rings is 1. The van der Waals surface area contributed by atoms with Crippen molar-refractivity contribution in [2.75, 3.05) is 26.2 Å². The minimum atomic E-state index is -0.218. The second kappa shape index (κ2) is 8.34. The SMILES string of the molecule is CCNC(=O)N(C1CC1)C1CCOC2(CCN(C(=O)c3ccnn3CC)CC2)C1. The number of aromatic nitrogens is 2. The van der Waals surface area contributed by atoms with E-state index in [1.807, 2.05) is 18.7 Å². The number of amides is 3. The van der Waals surface area contributed by atoms with Crippen molar-refractivity contribution in [1.29, 1.82) is 0 Å². The van der Waals surface area contributed by atoms with Crippen molar-refractivity contribution in [2.45, 2.75) is 76.6 Å². The summed E-state index contributed by atoms with van der Waals surface area (Å²) >= 11 is 0. The van der Waals surface area contributed by atoms with Gasteiger partial charge in [0.25, 0.3) is 5.91 Å². The molecular formula is C21H33N5O3. The molecule has 0 radical (unpaired) electrons. The lowest BCUT2D eigenvalue weighted by Crippen LogP contribution is -2.57. The van der Waals surface area contributed by atoms with Gasteiger partial charge in [-0.25, -0.2) is 4.79 Å². The summed E-state index contributed by atoms with van der Waals surface area (Å²) in [7, 11) is 0. The van der Waals surface area contributed by atoms with Crippen molar-refractivity contribution in [3.05, 3.63) is 18.0 Å². The van der Waals surface area contributed by atoms with Gasteiger partial charge in [-0.2, -0.15) is 5.10 Å². The summed E-state index contributed by atoms with van der Waals surface area (Å²) in [5, 5.41) is 7.21. The first-order valence-corrected chi connectivity index (χ1v) is 11.1. The Morgan fingerprint density at radius 2 is 2.00 bits per heavy atom. The maximum atomic E-state index is 12.9. The fourth-order valence-corrected chi connectivity index (χ4v) is 4.86. The lowest BCUT2D eigenvalue weighted by molar-refractivity contribution is -0.126. The van der Waals surface area contributed by atoms with E-state index >= 15 is 0 Å². The molecule has 29 heavy (non-hydrogen) atoms. The van der Waals surface area contributed by atoms with Crippen LogP contribution in [0.3, 0.4) is 0 Å². The number of hydrogen-bond acceptors (Lipinski definition) is 4. The molecule has 3 aliphatic rings. The summed E-state index contributed by atoms with van der Waals surface area (Å²) in [4.78, 5) is 29.6. The average molecular weight is 404 g/mol. The zero-order valence-electron chi connectivity index (χ0n) is 17.6. The van der Waals surface area contributed by atoms with Crippen molar-refractivity contribution >= 4 is 11.9 Å². The molecule has 8 nitrogen and oxygen atoms in total. The van der Waals surface area contributed by atoms with Crippen LogP contribution < -0.4 is 5.32 Å². The Morgan fingerprint density at radius 3 is 2.66 bits per heavy atom. The van der Waals surface area contributed by atoms with Crippen LogP contribution in [0.25, 0.3) is 0 Å². The number of aryl methyl sites for hydroxylation is 1. The number of nitrogens with one attached hydrogen (secondary N) is 1. The van der Waals surface area contributed by atoms with Crippen LogP contribution in [0.5, 0.6) is 0 Å². The molecule has 1 unspecified atom stereocenters. The van der Waals surface area contributed by atoms with Crippen LogP contribution in [-0.2, 0) is 11.3 Å². The fraction of sp³-hybridized carbons (Fsp3) is 0.762. The highest BCUT2D eigenvalue weighted by Crippen LogP contribution is 2.40. The Balaban J connectivity index is 1.40. The van der Waals surface area contributed by atoms with Crippen molar-refractivity contribution in [3.63, 3.8) is 0 Å². The molecule has 1 saturated carbocycles. The summed E-state index contributed by atoms with van der Waals surface area (Å²) < 4.78 is 8.03. The normalized spacial score (nSPS) is 23.8. The van der Waals surface area contributed by atoms with Crippen molar-refractivity contribution in [3.8, 4) is 0 Å². The summed E-state index contributed by atoms with van der Waals surface area (Å²) in [6.07, 6.45) is 7.31. The van der Waals surface area contributed by atoms with Crippen LogP contribution in [0.1, 0.15) is 62.9 Å². The number of likely N-dealkylation sites (tertiary alicyclic amines) is 1. The van der Waals surface area contributed by atoms with E-state index in [1.165, 1.54) is 0 Å². The molecule has 160 valence electrons. The number of carbonyl (C=O) groups excluding carboxylic acids is 2. The first-order valence-electron chi connectivity index (χ1n) is 11.1. The number of rotatable bonds is 5. The molecule has 1 atom stereocenters. The smallest absolute Gasteiger partial charge is 0.317 e. The topological polar surface area (TPSA) is 79.7 Å². The van der Waals surface area contributed by atoms with E-state index in [0.29, 0.717) is 44.5 Å². The van der Waals surface area contributed by atoms with E-state index in [0.717, 1.165) is 38.5 Å². The number of nitrogens with zero attached hydrogens (tertiary/aromatic N) is 4. The van der Waals surface area contributed by atoms with Crippen molar-refractivity contribution in [1.82, 2.24) is 24.9 Å². The van der Waals surface area contributed by atoms with E-state index in [1.54, 1.807) is 16.9 Å². The fourth-order valence-electron chi connectivity index (χ4n) is 4.86. The van der Waals surface area contributed by atoms with Gasteiger partial charge < -0.3 is 19.9 Å². The Bertz CT molecular complexity index is 736. The summed E-state index contributed by atoms with van der Waals surface area (Å²) in [6, 6.07) is 2.48. The molecule has 1 spiro atoms. The third-order valence-corrected chi connectivity index (χ3v) is 6.56. The predicted molar refractivity (Wildman–Crippen MR) is 109 cm³/mol. The lowest BCUT2D eigenvalue weighted by Gasteiger charge is -2.48. The number of carbonyl (C=O) groups is 2. The number of ether oxygens (including phenoxy) is 1. The molecule has 1 aliphatic carbocycles. The quantitative estimate of drug-likeness (QED) is 0.818. The molecule has 2 aliphatic heterocycles. The Kier molecular flexibility index (Phi) is 5.81. The van der Waals surface area contributed by atoms with Crippen LogP contribution in [0, 0.1) is 0 Å². The number of urea groups is 1. The highest BCUT2D eigenvalue weighted by atomic mass is 16.5. The lowest BCUT2D eigenvalue weighted by atomic mass is 9.81. The monoisotopic (exact) mass is 403 g/mol. The largest absolute Gasteiger partial charge is 0.375 e. The molecule has 8 heteroatoms. The van der Waals surface area contributed by atoms with Crippen molar-refractivity contribution < 1.29 is 14.3 Å². The van der Waals surface area contributed by atoms with Crippen LogP contribution in [0.2, 0.25) is 0 Å². The Hall–Kier alpha value is -2.09. The van der Waals surface area contributed by atoms with Gasteiger partial charge in [0.2, 0.25) is 0 Å². The van der Waals surface area contributed by atoms with E-state index in [2.05, 4.69) is 15.3 Å². The van der Waals surface area contributed by atoms with Gasteiger partial charge in [0.1, 0.15) is 5.69 Å². The molecule has 2 saturated heterocycles. The van der Waals surface area contributed by atoms with Crippen LogP contribution in [0.15, 0.2) is 12.3 Å². The molecule has 3 amide bonds. The minimum absolute atomic E-state index is 0.0495. The van der Waals surface area contributed by atoms with Crippen molar-refractivity contribution in [2.24, 2.45) is 0 Å². The molecule has 3 heterocycles. The second-order valence-corrected chi connectivity index (χ2v) is 8.48. The summed E-state index contributed by atoms with van der Waals surface area (Å²) in [6.45, 7) is 7.35. The van der Waals surface area contributed by atoms with Gasteiger partial charge in [0.15, 0.2) is 0 Å². The molecule has 4 rings (SSSR count). The Labute approximate surface area is 172 Å². The average Bonchev–Trinajstić information content (AvgIpc) is 3.43. The van der Waals surface area contributed by atoms with Crippen LogP contribution >= 0.6 is 0 Å². The van der Waals surface area contributed by atoms with Gasteiger partial charge in [-0.15, -0.1) is 0 Å². The highest BCUT2D eigenvalue weighted by Gasteiger charge is 2.46. The molecular weight excluding hydrogens is 370 g/mol. The molecule has 1 N–H and O–H groups in total. The standard InChI is InChI=1S/C21H33N5O3/c1-3-22-20(28)26(16-5-6-16)17-8-14-29-21(15-17)9-12-24(13-10-21)19(27)18-7-11-23-25(18)4-2/h7,11,16-17H,3-6,8-10,12-15H2,1-2H3,(H,22,28). The first kappa shape index (κ1) is 20.2. The van der Waals surface area contributed by atoms with Gasteiger partial charge in [0.05, 0.1) is 5.60 Å². The molecule has 0 bridgehead atoms. The van der Waals surface area contributed by atoms with Gasteiger partial charge in [-0.3, -0.25) is 9.48 Å². The number of hydrogen-bond donors (Lipinski definition) is 1. The molecule has 1 aromatic rings. The van der Waals surface area contributed by atoms with Crippen LogP contribution in [-0.4, -0.2) is 75.4 Å². The minimum Gasteiger partial charge on any atom is -0.375 e. The zero-order valence-corrected chi connectivity index (χ0v) is 17.6. The van der Waals surface area contributed by atoms with E-state index in [-0.39, 0.29) is 23.6 Å². The van der Waals surface area contributed by atoms with Crippen LogP contribution in [0.4, 0.5) is 4.79 Å². The molecule has 3 fully saturated rings. The predicted octanol–water partition coefficient (Wildman–Crippen LogP) is 2.25. The van der Waals surface area contributed by atoms with E-state index < -0.39 is 0 Å². The third kappa shape index (κ3) is 4.13. The third-order valence-electron chi connectivity index (χ3n) is 6.56. The molecule has 0 aromatic carbocycles. The summed E-state index contributed by atoms with van der Waals surface area (Å²) in [5.41, 5.74) is 0.437. The highest BCUT2D eigenvalue weighted by molar-refractivity contribution is 5.92. The van der Waals surface area contributed by atoms with Gasteiger partial charge in [0, 0.05) is 51.1 Å². The van der Waals surface area contributed by atoms with Gasteiger partial charge >= 0.3 is 6.03 Å². The van der Waals surface area contributed by atoms with E-state index in [4.69, 9.17) is 4.74 Å². The molecule has 1 aromatic heterocycles. The summed E-state index contributed by atoms with van der Waals surface area (Å²) in [5.74, 6) is 0.0495. The maximum Gasteiger partial charge on any atom is 0.317 e. The Morgan fingerprint density at radius 1 is 1.24 bits per heavy atom. The zero-order chi connectivity index (χ0) is 20.4. The van der Waals surface area contributed by atoms with Gasteiger partial charge in [-0.1, -0.05) is 0 Å². The maximum absolute atomic E-state index is 12.9. The van der Waals surface area contributed by atoms with Gasteiger partial charge in [-0.05, 0) is 58.4 Å². The second-order valence-electron chi connectivity index (χ2n) is 8.48. The van der Waals surface area contributed by atoms with E-state index in [9.17, 15) is 9.59 Å².